The zero-order valence-electron chi connectivity index (χ0n) is 11.4. The average Bonchev–Trinajstić information content (AvgIpc) is 2.38. The third-order valence-electron chi connectivity index (χ3n) is 2.73. The zero-order valence-corrected chi connectivity index (χ0v) is 13.5. The van der Waals surface area contributed by atoms with Gasteiger partial charge in [-0.2, -0.15) is 0 Å². The van der Waals surface area contributed by atoms with E-state index in [4.69, 9.17) is 0 Å². The molecule has 0 saturated heterocycles. The Labute approximate surface area is 118 Å². The molecule has 0 fully saturated rings. The summed E-state index contributed by atoms with van der Waals surface area (Å²) >= 11 is -1.23. The maximum absolute atomic E-state index is 2.34. The van der Waals surface area contributed by atoms with E-state index in [9.17, 15) is 0 Å². The fourth-order valence-electron chi connectivity index (χ4n) is 1.86. The molecule has 18 heavy (non-hydrogen) atoms. The van der Waals surface area contributed by atoms with Crippen LogP contribution in [-0.2, 0) is 0 Å². The van der Waals surface area contributed by atoms with Gasteiger partial charge in [-0.3, -0.25) is 0 Å². The first kappa shape index (κ1) is 13.6. The van der Waals surface area contributed by atoms with Gasteiger partial charge in [0.1, 0.15) is 24.2 Å². The average molecular weight is 352 g/mol. The highest BCUT2D eigenvalue weighted by atomic mass is 127. The van der Waals surface area contributed by atoms with Crippen LogP contribution < -0.4 is 19.8 Å². The monoisotopic (exact) mass is 352 g/mol. The van der Waals surface area contributed by atoms with E-state index in [-0.39, 0.29) is 0 Å². The van der Waals surface area contributed by atoms with Crippen LogP contribution in [-0.4, -0.2) is 4.43 Å². The Balaban J connectivity index is 2.33. The minimum absolute atomic E-state index is 0.775. The summed E-state index contributed by atoms with van der Waals surface area (Å²) in [6, 6.07) is 20.3. The van der Waals surface area contributed by atoms with Crippen molar-refractivity contribution in [2.24, 2.45) is 5.92 Å². The van der Waals surface area contributed by atoms with E-state index < -0.39 is 19.8 Å². The molecule has 0 saturated carbocycles. The lowest BCUT2D eigenvalue weighted by molar-refractivity contribution is -0.858. The standard InChI is InChI=1S/C17H21I/c1-14(2)13-18(16-7-5-4-6-8-16)17-11-9-15(3)10-12-17/h4-12,14H,13H2,1-3H3/q+1. The Bertz CT molecular complexity index is 471. The summed E-state index contributed by atoms with van der Waals surface area (Å²) in [5.41, 5.74) is 1.35. The highest BCUT2D eigenvalue weighted by Gasteiger charge is 2.27. The Morgan fingerprint density at radius 1 is 0.833 bits per heavy atom. The van der Waals surface area contributed by atoms with Crippen molar-refractivity contribution in [3.8, 4) is 0 Å². The maximum Gasteiger partial charge on any atom is 0.151 e. The largest absolute Gasteiger partial charge is 0.151 e. The van der Waals surface area contributed by atoms with Crippen molar-refractivity contribution in [3.63, 3.8) is 0 Å². The lowest BCUT2D eigenvalue weighted by Crippen LogP contribution is -3.86. The van der Waals surface area contributed by atoms with Gasteiger partial charge in [0.25, 0.3) is 0 Å². The van der Waals surface area contributed by atoms with E-state index in [1.54, 1.807) is 7.14 Å². The molecule has 0 nitrogen and oxygen atoms in total. The summed E-state index contributed by atoms with van der Waals surface area (Å²) in [5.74, 6) is 0.775. The number of rotatable bonds is 4. The zero-order chi connectivity index (χ0) is 13.0. The quantitative estimate of drug-likeness (QED) is 0.575. The second-order valence-electron chi connectivity index (χ2n) is 5.00. The summed E-state index contributed by atoms with van der Waals surface area (Å²) in [7, 11) is 0. The molecule has 0 aliphatic rings. The van der Waals surface area contributed by atoms with E-state index in [1.165, 1.54) is 9.99 Å². The van der Waals surface area contributed by atoms with Crippen LogP contribution in [0.2, 0.25) is 0 Å². The SMILES string of the molecule is Cc1ccc([I+](CC(C)C)c2ccccc2)cc1. The molecule has 0 aliphatic heterocycles. The van der Waals surface area contributed by atoms with Crippen LogP contribution in [0.15, 0.2) is 54.6 Å². The first-order valence-electron chi connectivity index (χ1n) is 6.44. The molecule has 2 aromatic rings. The van der Waals surface area contributed by atoms with Crippen molar-refractivity contribution in [1.82, 2.24) is 0 Å². The normalized spacial score (nSPS) is 11.2. The molecule has 2 aromatic carbocycles. The molecule has 0 bridgehead atoms. The molecule has 1 radical (unpaired) electrons. The van der Waals surface area contributed by atoms with E-state index in [0.717, 1.165) is 5.92 Å². The Morgan fingerprint density at radius 2 is 1.39 bits per heavy atom. The van der Waals surface area contributed by atoms with Crippen molar-refractivity contribution in [3.05, 3.63) is 67.3 Å². The van der Waals surface area contributed by atoms with Gasteiger partial charge in [-0.1, -0.05) is 49.7 Å². The Morgan fingerprint density at radius 3 is 1.94 bits per heavy atom. The second kappa shape index (κ2) is 6.37. The molecule has 0 heterocycles. The number of aryl methyl sites for hydroxylation is 1. The topological polar surface area (TPSA) is 0 Å². The van der Waals surface area contributed by atoms with Crippen LogP contribution in [0, 0.1) is 20.0 Å². The maximum atomic E-state index is 2.34. The lowest BCUT2D eigenvalue weighted by Gasteiger charge is -2.09. The van der Waals surface area contributed by atoms with Gasteiger partial charge in [-0.05, 0) is 37.1 Å². The van der Waals surface area contributed by atoms with Crippen LogP contribution in [0.1, 0.15) is 19.4 Å². The van der Waals surface area contributed by atoms with Crippen LogP contribution in [0.3, 0.4) is 0 Å². The van der Waals surface area contributed by atoms with E-state index in [1.807, 2.05) is 0 Å². The van der Waals surface area contributed by atoms with Crippen LogP contribution in [0.4, 0.5) is 0 Å². The molecule has 0 spiro atoms. The summed E-state index contributed by atoms with van der Waals surface area (Å²) < 4.78 is 4.53. The number of alkyl halides is 1. The summed E-state index contributed by atoms with van der Waals surface area (Å²) in [4.78, 5) is 0. The van der Waals surface area contributed by atoms with E-state index in [2.05, 4.69) is 75.4 Å². The molecule has 2 rings (SSSR count). The number of hydrogen-bond donors (Lipinski definition) is 0. The predicted octanol–water partition coefficient (Wildman–Crippen LogP) is 1.32. The number of benzene rings is 2. The van der Waals surface area contributed by atoms with Crippen molar-refractivity contribution < 1.29 is 19.8 Å². The highest BCUT2D eigenvalue weighted by Crippen LogP contribution is 1.95. The molecular weight excluding hydrogens is 331 g/mol. The molecule has 95 valence electrons. The molecule has 0 aliphatic carbocycles. The van der Waals surface area contributed by atoms with Gasteiger partial charge in [0.15, 0.2) is 7.14 Å². The summed E-state index contributed by atoms with van der Waals surface area (Å²) in [5, 5.41) is 0. The van der Waals surface area contributed by atoms with Gasteiger partial charge in [0.2, 0.25) is 0 Å². The van der Waals surface area contributed by atoms with Gasteiger partial charge < -0.3 is 0 Å². The van der Waals surface area contributed by atoms with Crippen LogP contribution in [0.25, 0.3) is 0 Å². The van der Waals surface area contributed by atoms with Gasteiger partial charge in [-0.25, -0.2) is 0 Å². The summed E-state index contributed by atoms with van der Waals surface area (Å²) in [6.07, 6.45) is 0. The van der Waals surface area contributed by atoms with Crippen molar-refractivity contribution in [2.75, 3.05) is 4.43 Å². The Kier molecular flexibility index (Phi) is 4.81. The van der Waals surface area contributed by atoms with Gasteiger partial charge in [-0.15, -0.1) is 0 Å². The fourth-order valence-corrected chi connectivity index (χ4v) is 7.87. The van der Waals surface area contributed by atoms with E-state index >= 15 is 0 Å². The first-order chi connectivity index (χ1) is 8.66. The minimum atomic E-state index is -1.23. The molecule has 0 atom stereocenters. The van der Waals surface area contributed by atoms with Gasteiger partial charge >= 0.3 is 0 Å². The second-order valence-corrected chi connectivity index (χ2v) is 10.4. The first-order valence-corrected chi connectivity index (χ1v) is 10.1. The predicted molar refractivity (Wildman–Crippen MR) is 74.7 cm³/mol. The minimum Gasteiger partial charge on any atom is -0.0619 e. The van der Waals surface area contributed by atoms with Crippen LogP contribution in [0.5, 0.6) is 0 Å². The van der Waals surface area contributed by atoms with E-state index in [0.29, 0.717) is 0 Å². The summed E-state index contributed by atoms with van der Waals surface area (Å²) in [6.45, 7) is 6.83. The highest BCUT2D eigenvalue weighted by molar-refractivity contribution is 5.12. The van der Waals surface area contributed by atoms with Gasteiger partial charge in [0, 0.05) is 0 Å². The third kappa shape index (κ3) is 3.58. The number of hydrogen-bond acceptors (Lipinski definition) is 0. The molecule has 0 amide bonds. The molecule has 1 heteroatoms. The molecule has 0 N–H and O–H groups in total. The Hall–Kier alpha value is -0.830. The van der Waals surface area contributed by atoms with Crippen molar-refractivity contribution in [1.29, 1.82) is 0 Å². The lowest BCUT2D eigenvalue weighted by atomic mass is 10.2. The van der Waals surface area contributed by atoms with Crippen LogP contribution >= 0.6 is 0 Å². The van der Waals surface area contributed by atoms with Gasteiger partial charge in [0.05, 0.1) is 0 Å². The molecule has 0 unspecified atom stereocenters. The van der Waals surface area contributed by atoms with Crippen molar-refractivity contribution >= 4 is 0 Å². The van der Waals surface area contributed by atoms with Crippen molar-refractivity contribution in [2.45, 2.75) is 20.8 Å². The smallest absolute Gasteiger partial charge is 0.0619 e. The molecular formula is C17H21I+. The fraction of sp³-hybridized carbons (Fsp3) is 0.294. The number of halogens is 1. The third-order valence-corrected chi connectivity index (χ3v) is 9.82. The molecule has 0 aromatic heterocycles.